The van der Waals surface area contributed by atoms with Crippen LogP contribution in [0.1, 0.15) is 39.5 Å². The SMILES string of the molecule is CCC(CC)(CN)NC(=O)CCCSC.Cl. The van der Waals surface area contributed by atoms with Crippen molar-refractivity contribution in [1.82, 2.24) is 5.32 Å². The first-order valence-electron chi connectivity index (χ1n) is 5.64. The quantitative estimate of drug-likeness (QED) is 0.664. The monoisotopic (exact) mass is 268 g/mol. The van der Waals surface area contributed by atoms with Crippen molar-refractivity contribution in [1.29, 1.82) is 0 Å². The van der Waals surface area contributed by atoms with E-state index in [0.29, 0.717) is 13.0 Å². The maximum absolute atomic E-state index is 11.6. The molecule has 0 aliphatic heterocycles. The van der Waals surface area contributed by atoms with E-state index in [4.69, 9.17) is 5.73 Å². The molecule has 0 unspecified atom stereocenters. The molecule has 98 valence electrons. The Morgan fingerprint density at radius 1 is 1.38 bits per heavy atom. The molecule has 0 radical (unpaired) electrons. The molecule has 0 heterocycles. The zero-order chi connectivity index (χ0) is 11.7. The van der Waals surface area contributed by atoms with Gasteiger partial charge in [-0.1, -0.05) is 13.8 Å². The first kappa shape index (κ1) is 18.4. The molecular formula is C11H25ClN2OS. The Hall–Kier alpha value is 0.0700. The molecule has 3 nitrogen and oxygen atoms in total. The topological polar surface area (TPSA) is 55.1 Å². The van der Waals surface area contributed by atoms with Gasteiger partial charge in [0.25, 0.3) is 0 Å². The van der Waals surface area contributed by atoms with Gasteiger partial charge in [-0.15, -0.1) is 12.4 Å². The summed E-state index contributed by atoms with van der Waals surface area (Å²) in [6, 6.07) is 0. The zero-order valence-electron chi connectivity index (χ0n) is 10.5. The van der Waals surface area contributed by atoms with E-state index in [0.717, 1.165) is 25.0 Å². The van der Waals surface area contributed by atoms with Gasteiger partial charge in [-0.05, 0) is 31.3 Å². The Labute approximate surface area is 110 Å². The van der Waals surface area contributed by atoms with Gasteiger partial charge in [-0.3, -0.25) is 4.79 Å². The molecule has 1 amide bonds. The third-order valence-electron chi connectivity index (χ3n) is 2.90. The average Bonchev–Trinajstić information content (AvgIpc) is 2.26. The second-order valence-corrected chi connectivity index (χ2v) is 4.82. The van der Waals surface area contributed by atoms with E-state index in [-0.39, 0.29) is 23.9 Å². The van der Waals surface area contributed by atoms with Crippen molar-refractivity contribution in [2.75, 3.05) is 18.6 Å². The smallest absolute Gasteiger partial charge is 0.220 e. The largest absolute Gasteiger partial charge is 0.349 e. The van der Waals surface area contributed by atoms with E-state index in [9.17, 15) is 4.79 Å². The highest BCUT2D eigenvalue weighted by Crippen LogP contribution is 2.13. The van der Waals surface area contributed by atoms with Crippen molar-refractivity contribution in [2.45, 2.75) is 45.1 Å². The minimum absolute atomic E-state index is 0. The van der Waals surface area contributed by atoms with Crippen molar-refractivity contribution in [3.05, 3.63) is 0 Å². The maximum atomic E-state index is 11.6. The van der Waals surface area contributed by atoms with E-state index in [1.165, 1.54) is 0 Å². The Morgan fingerprint density at radius 3 is 2.31 bits per heavy atom. The number of halogens is 1. The summed E-state index contributed by atoms with van der Waals surface area (Å²) < 4.78 is 0. The average molecular weight is 269 g/mol. The zero-order valence-corrected chi connectivity index (χ0v) is 12.2. The van der Waals surface area contributed by atoms with Crippen LogP contribution in [0.3, 0.4) is 0 Å². The molecule has 0 rings (SSSR count). The number of nitrogens with one attached hydrogen (secondary N) is 1. The summed E-state index contributed by atoms with van der Waals surface area (Å²) in [5, 5.41) is 3.07. The summed E-state index contributed by atoms with van der Waals surface area (Å²) in [4.78, 5) is 11.6. The Kier molecular flexibility index (Phi) is 11.8. The third-order valence-corrected chi connectivity index (χ3v) is 3.60. The number of hydrogen-bond donors (Lipinski definition) is 2. The van der Waals surface area contributed by atoms with Gasteiger partial charge in [-0.25, -0.2) is 0 Å². The van der Waals surface area contributed by atoms with E-state index >= 15 is 0 Å². The molecule has 0 fully saturated rings. The van der Waals surface area contributed by atoms with Crippen LogP contribution >= 0.6 is 24.2 Å². The minimum Gasteiger partial charge on any atom is -0.349 e. The summed E-state index contributed by atoms with van der Waals surface area (Å²) >= 11 is 1.77. The fraction of sp³-hybridized carbons (Fsp3) is 0.909. The summed E-state index contributed by atoms with van der Waals surface area (Å²) in [7, 11) is 0. The number of nitrogens with two attached hydrogens (primary N) is 1. The summed E-state index contributed by atoms with van der Waals surface area (Å²) in [5.74, 6) is 1.18. The summed E-state index contributed by atoms with van der Waals surface area (Å²) in [6.45, 7) is 4.66. The molecule has 0 bridgehead atoms. The highest BCUT2D eigenvalue weighted by Gasteiger charge is 2.25. The van der Waals surface area contributed by atoms with Crippen LogP contribution in [0.25, 0.3) is 0 Å². The molecule has 3 N–H and O–H groups in total. The Morgan fingerprint density at radius 2 is 1.94 bits per heavy atom. The first-order valence-corrected chi connectivity index (χ1v) is 7.03. The lowest BCUT2D eigenvalue weighted by Crippen LogP contribution is -2.52. The Bertz CT molecular complexity index is 179. The molecule has 0 atom stereocenters. The number of amides is 1. The molecule has 16 heavy (non-hydrogen) atoms. The van der Waals surface area contributed by atoms with Crippen molar-refractivity contribution in [2.24, 2.45) is 5.73 Å². The van der Waals surface area contributed by atoms with Crippen LogP contribution in [0.15, 0.2) is 0 Å². The normalized spacial score (nSPS) is 10.8. The van der Waals surface area contributed by atoms with E-state index in [1.54, 1.807) is 11.8 Å². The highest BCUT2D eigenvalue weighted by molar-refractivity contribution is 7.98. The van der Waals surface area contributed by atoms with Crippen LogP contribution < -0.4 is 11.1 Å². The van der Waals surface area contributed by atoms with Crippen LogP contribution in [0.5, 0.6) is 0 Å². The van der Waals surface area contributed by atoms with Crippen molar-refractivity contribution in [3.63, 3.8) is 0 Å². The summed E-state index contributed by atoms with van der Waals surface area (Å²) in [6.07, 6.45) is 5.41. The van der Waals surface area contributed by atoms with Crippen LogP contribution in [-0.2, 0) is 4.79 Å². The maximum Gasteiger partial charge on any atom is 0.220 e. The minimum atomic E-state index is -0.184. The van der Waals surface area contributed by atoms with Gasteiger partial charge in [0.05, 0.1) is 5.54 Å². The molecule has 0 aromatic heterocycles. The second-order valence-electron chi connectivity index (χ2n) is 3.84. The molecule has 0 saturated carbocycles. The van der Waals surface area contributed by atoms with Crippen LogP contribution in [0.4, 0.5) is 0 Å². The number of rotatable bonds is 8. The second kappa shape index (κ2) is 10.2. The standard InChI is InChI=1S/C11H24N2OS.ClH/c1-4-11(5-2,9-12)13-10(14)7-6-8-15-3;/h4-9,12H2,1-3H3,(H,13,14);1H. The number of hydrogen-bond acceptors (Lipinski definition) is 3. The van der Waals surface area contributed by atoms with Crippen molar-refractivity contribution >= 4 is 30.1 Å². The predicted octanol–water partition coefficient (Wildman–Crippen LogP) is 2.19. The van der Waals surface area contributed by atoms with Crippen LogP contribution in [0.2, 0.25) is 0 Å². The molecule has 0 aliphatic rings. The van der Waals surface area contributed by atoms with Crippen molar-refractivity contribution < 1.29 is 4.79 Å². The molecule has 0 aromatic carbocycles. The van der Waals surface area contributed by atoms with Crippen molar-refractivity contribution in [3.8, 4) is 0 Å². The first-order chi connectivity index (χ1) is 7.14. The highest BCUT2D eigenvalue weighted by atomic mass is 35.5. The van der Waals surface area contributed by atoms with Gasteiger partial charge in [0.1, 0.15) is 0 Å². The molecular weight excluding hydrogens is 244 g/mol. The summed E-state index contributed by atoms with van der Waals surface area (Å²) in [5.41, 5.74) is 5.53. The fourth-order valence-corrected chi connectivity index (χ4v) is 1.93. The fourth-order valence-electron chi connectivity index (χ4n) is 1.50. The molecule has 5 heteroatoms. The molecule has 0 aliphatic carbocycles. The van der Waals surface area contributed by atoms with E-state index in [2.05, 4.69) is 25.4 Å². The number of thioether (sulfide) groups is 1. The molecule has 0 spiro atoms. The van der Waals surface area contributed by atoms with Gasteiger partial charge in [-0.2, -0.15) is 11.8 Å². The number of carbonyl (C=O) groups excluding carboxylic acids is 1. The lowest BCUT2D eigenvalue weighted by Gasteiger charge is -2.31. The van der Waals surface area contributed by atoms with E-state index in [1.807, 2.05) is 0 Å². The van der Waals surface area contributed by atoms with E-state index < -0.39 is 0 Å². The Balaban J connectivity index is 0. The predicted molar refractivity (Wildman–Crippen MR) is 75.4 cm³/mol. The van der Waals surface area contributed by atoms with Gasteiger partial charge < -0.3 is 11.1 Å². The van der Waals surface area contributed by atoms with Crippen LogP contribution in [0, 0.1) is 0 Å². The third kappa shape index (κ3) is 6.61. The lowest BCUT2D eigenvalue weighted by atomic mass is 9.93. The van der Waals surface area contributed by atoms with Gasteiger partial charge in [0.2, 0.25) is 5.91 Å². The van der Waals surface area contributed by atoms with Gasteiger partial charge in [0.15, 0.2) is 0 Å². The molecule has 0 aromatic rings. The van der Waals surface area contributed by atoms with Crippen LogP contribution in [-0.4, -0.2) is 30.0 Å². The number of carbonyl (C=O) groups is 1. The van der Waals surface area contributed by atoms with Gasteiger partial charge in [0, 0.05) is 13.0 Å². The lowest BCUT2D eigenvalue weighted by molar-refractivity contribution is -0.123. The van der Waals surface area contributed by atoms with Gasteiger partial charge >= 0.3 is 0 Å². The molecule has 0 saturated heterocycles.